The highest BCUT2D eigenvalue weighted by Gasteiger charge is 2.39. The summed E-state index contributed by atoms with van der Waals surface area (Å²) in [4.78, 5) is 0. The second-order valence-electron chi connectivity index (χ2n) is 6.03. The van der Waals surface area contributed by atoms with Gasteiger partial charge < -0.3 is 15.2 Å². The molecule has 0 aromatic heterocycles. The van der Waals surface area contributed by atoms with E-state index in [0.717, 1.165) is 25.0 Å². The van der Waals surface area contributed by atoms with E-state index >= 15 is 0 Å². The number of aliphatic hydroxyl groups is 1. The lowest BCUT2D eigenvalue weighted by atomic mass is 9.97. The molecule has 0 saturated heterocycles. The highest BCUT2D eigenvalue weighted by Crippen LogP contribution is 2.33. The predicted octanol–water partition coefficient (Wildman–Crippen LogP) is 2.66. The SMILES string of the molecule is Cc1ccc(OC2CCC(CO)(NC(C)C)C2)cc1. The Morgan fingerprint density at radius 2 is 2.05 bits per heavy atom. The summed E-state index contributed by atoms with van der Waals surface area (Å²) < 4.78 is 6.02. The summed E-state index contributed by atoms with van der Waals surface area (Å²) in [6, 6.07) is 8.55. The number of ether oxygens (including phenoxy) is 1. The molecule has 2 atom stereocenters. The van der Waals surface area contributed by atoms with Crippen LogP contribution < -0.4 is 10.1 Å². The first-order valence-corrected chi connectivity index (χ1v) is 7.15. The molecule has 1 aliphatic carbocycles. The Morgan fingerprint density at radius 1 is 1.37 bits per heavy atom. The molecule has 0 spiro atoms. The number of aryl methyl sites for hydroxylation is 1. The van der Waals surface area contributed by atoms with Crippen LogP contribution in [0.4, 0.5) is 0 Å². The van der Waals surface area contributed by atoms with Crippen LogP contribution in [-0.2, 0) is 0 Å². The third-order valence-corrected chi connectivity index (χ3v) is 3.78. The summed E-state index contributed by atoms with van der Waals surface area (Å²) in [5, 5.41) is 13.2. The van der Waals surface area contributed by atoms with Crippen molar-refractivity contribution in [3.63, 3.8) is 0 Å². The van der Waals surface area contributed by atoms with E-state index in [4.69, 9.17) is 4.74 Å². The summed E-state index contributed by atoms with van der Waals surface area (Å²) in [5.41, 5.74) is 1.08. The lowest BCUT2D eigenvalue weighted by Gasteiger charge is -2.30. The van der Waals surface area contributed by atoms with Gasteiger partial charge in [0.2, 0.25) is 0 Å². The van der Waals surface area contributed by atoms with E-state index in [1.54, 1.807) is 0 Å². The lowest BCUT2D eigenvalue weighted by molar-refractivity contribution is 0.133. The van der Waals surface area contributed by atoms with Crippen LogP contribution >= 0.6 is 0 Å². The zero-order valence-electron chi connectivity index (χ0n) is 12.1. The number of hydrogen-bond donors (Lipinski definition) is 2. The number of benzene rings is 1. The molecule has 19 heavy (non-hydrogen) atoms. The summed E-state index contributed by atoms with van der Waals surface area (Å²) in [7, 11) is 0. The zero-order chi connectivity index (χ0) is 13.9. The maximum Gasteiger partial charge on any atom is 0.119 e. The first-order valence-electron chi connectivity index (χ1n) is 7.15. The highest BCUT2D eigenvalue weighted by molar-refractivity contribution is 5.26. The van der Waals surface area contributed by atoms with Gasteiger partial charge in [0, 0.05) is 18.0 Å². The molecule has 3 heteroatoms. The number of nitrogens with one attached hydrogen (secondary N) is 1. The first kappa shape index (κ1) is 14.4. The maximum atomic E-state index is 9.67. The second kappa shape index (κ2) is 5.93. The minimum absolute atomic E-state index is 0.163. The maximum absolute atomic E-state index is 9.67. The van der Waals surface area contributed by atoms with Gasteiger partial charge in [0.1, 0.15) is 11.9 Å². The van der Waals surface area contributed by atoms with Crippen LogP contribution in [0.2, 0.25) is 0 Å². The van der Waals surface area contributed by atoms with Gasteiger partial charge in [-0.15, -0.1) is 0 Å². The number of aliphatic hydroxyl groups excluding tert-OH is 1. The van der Waals surface area contributed by atoms with E-state index in [1.165, 1.54) is 5.56 Å². The van der Waals surface area contributed by atoms with Gasteiger partial charge in [-0.25, -0.2) is 0 Å². The van der Waals surface area contributed by atoms with Gasteiger partial charge in [0.25, 0.3) is 0 Å². The van der Waals surface area contributed by atoms with E-state index in [-0.39, 0.29) is 18.2 Å². The van der Waals surface area contributed by atoms with Crippen LogP contribution in [-0.4, -0.2) is 29.4 Å². The Balaban J connectivity index is 1.95. The Hall–Kier alpha value is -1.06. The fourth-order valence-electron chi connectivity index (χ4n) is 2.92. The average Bonchev–Trinajstić information content (AvgIpc) is 2.75. The second-order valence-corrected chi connectivity index (χ2v) is 6.03. The number of hydrogen-bond acceptors (Lipinski definition) is 3. The molecular weight excluding hydrogens is 238 g/mol. The van der Waals surface area contributed by atoms with E-state index in [2.05, 4.69) is 38.2 Å². The van der Waals surface area contributed by atoms with Gasteiger partial charge in [0.15, 0.2) is 0 Å². The van der Waals surface area contributed by atoms with Crippen molar-refractivity contribution >= 4 is 0 Å². The fraction of sp³-hybridized carbons (Fsp3) is 0.625. The van der Waals surface area contributed by atoms with Gasteiger partial charge in [-0.2, -0.15) is 0 Å². The van der Waals surface area contributed by atoms with E-state index in [1.807, 2.05) is 12.1 Å². The molecule has 2 rings (SSSR count). The Morgan fingerprint density at radius 3 is 2.63 bits per heavy atom. The zero-order valence-corrected chi connectivity index (χ0v) is 12.1. The average molecular weight is 263 g/mol. The van der Waals surface area contributed by atoms with Crippen molar-refractivity contribution in [3.8, 4) is 5.75 Å². The van der Waals surface area contributed by atoms with Crippen molar-refractivity contribution in [2.45, 2.75) is 57.7 Å². The van der Waals surface area contributed by atoms with Gasteiger partial charge >= 0.3 is 0 Å². The minimum atomic E-state index is -0.163. The molecule has 3 nitrogen and oxygen atoms in total. The van der Waals surface area contributed by atoms with Gasteiger partial charge in [-0.1, -0.05) is 31.5 Å². The van der Waals surface area contributed by atoms with E-state index < -0.39 is 0 Å². The monoisotopic (exact) mass is 263 g/mol. The third-order valence-electron chi connectivity index (χ3n) is 3.78. The molecule has 1 saturated carbocycles. The summed E-state index contributed by atoms with van der Waals surface area (Å²) in [6.07, 6.45) is 3.03. The lowest BCUT2D eigenvalue weighted by Crippen LogP contribution is -2.50. The third kappa shape index (κ3) is 3.71. The van der Waals surface area contributed by atoms with Crippen molar-refractivity contribution in [1.29, 1.82) is 0 Å². The van der Waals surface area contributed by atoms with Gasteiger partial charge in [0.05, 0.1) is 6.61 Å². The molecule has 1 fully saturated rings. The first-order chi connectivity index (χ1) is 9.03. The predicted molar refractivity (Wildman–Crippen MR) is 77.5 cm³/mol. The molecular formula is C16H25NO2. The van der Waals surface area contributed by atoms with Crippen LogP contribution in [0.3, 0.4) is 0 Å². The Labute approximate surface area is 116 Å². The summed E-state index contributed by atoms with van der Waals surface area (Å²) >= 11 is 0. The van der Waals surface area contributed by atoms with Crippen LogP contribution in [0.1, 0.15) is 38.7 Å². The molecule has 1 aromatic rings. The van der Waals surface area contributed by atoms with Crippen molar-refractivity contribution in [1.82, 2.24) is 5.32 Å². The van der Waals surface area contributed by atoms with Crippen molar-refractivity contribution < 1.29 is 9.84 Å². The Bertz CT molecular complexity index is 402. The molecule has 2 unspecified atom stereocenters. The normalized spacial score (nSPS) is 26.9. The van der Waals surface area contributed by atoms with E-state index in [0.29, 0.717) is 6.04 Å². The molecule has 0 aliphatic heterocycles. The largest absolute Gasteiger partial charge is 0.490 e. The molecule has 1 aliphatic rings. The molecule has 2 N–H and O–H groups in total. The van der Waals surface area contributed by atoms with Crippen molar-refractivity contribution in [2.75, 3.05) is 6.61 Å². The van der Waals surface area contributed by atoms with Crippen LogP contribution in [0.5, 0.6) is 5.75 Å². The van der Waals surface area contributed by atoms with Crippen LogP contribution in [0.25, 0.3) is 0 Å². The molecule has 1 aromatic carbocycles. The Kier molecular flexibility index (Phi) is 4.48. The van der Waals surface area contributed by atoms with Crippen molar-refractivity contribution in [3.05, 3.63) is 29.8 Å². The minimum Gasteiger partial charge on any atom is -0.490 e. The fourth-order valence-corrected chi connectivity index (χ4v) is 2.92. The van der Waals surface area contributed by atoms with Crippen LogP contribution in [0.15, 0.2) is 24.3 Å². The standard InChI is InChI=1S/C16H25NO2/c1-12(2)17-16(11-18)9-8-15(10-16)19-14-6-4-13(3)5-7-14/h4-7,12,15,17-18H,8-11H2,1-3H3. The van der Waals surface area contributed by atoms with Crippen molar-refractivity contribution in [2.24, 2.45) is 0 Å². The molecule has 0 heterocycles. The smallest absolute Gasteiger partial charge is 0.119 e. The molecule has 106 valence electrons. The highest BCUT2D eigenvalue weighted by atomic mass is 16.5. The topological polar surface area (TPSA) is 41.5 Å². The van der Waals surface area contributed by atoms with Gasteiger partial charge in [-0.3, -0.25) is 0 Å². The molecule has 0 amide bonds. The van der Waals surface area contributed by atoms with Gasteiger partial charge in [-0.05, 0) is 31.9 Å². The summed E-state index contributed by atoms with van der Waals surface area (Å²) in [5.74, 6) is 0.925. The quantitative estimate of drug-likeness (QED) is 0.858. The molecule has 0 bridgehead atoms. The summed E-state index contributed by atoms with van der Waals surface area (Å²) in [6.45, 7) is 6.48. The van der Waals surface area contributed by atoms with E-state index in [9.17, 15) is 5.11 Å². The number of rotatable bonds is 5. The van der Waals surface area contributed by atoms with Crippen LogP contribution in [0, 0.1) is 6.92 Å². The molecule has 0 radical (unpaired) electrons.